The maximum Gasteiger partial charge on any atom is 0.145 e. The molecule has 0 amide bonds. The summed E-state index contributed by atoms with van der Waals surface area (Å²) >= 11 is 5.81. The van der Waals surface area contributed by atoms with Crippen LogP contribution in [0.4, 0.5) is 4.39 Å². The Hall–Kier alpha value is -1.65. The predicted molar refractivity (Wildman–Crippen MR) is 77.7 cm³/mol. The zero-order valence-electron chi connectivity index (χ0n) is 11.4. The van der Waals surface area contributed by atoms with E-state index in [0.29, 0.717) is 17.7 Å². The first-order chi connectivity index (χ1) is 9.67. The van der Waals surface area contributed by atoms with Crippen LogP contribution < -0.4 is 10.1 Å². The number of rotatable bonds is 5. The summed E-state index contributed by atoms with van der Waals surface area (Å²) in [5.41, 5.74) is 1.50. The maximum absolute atomic E-state index is 14.0. The van der Waals surface area contributed by atoms with E-state index in [1.165, 1.54) is 0 Å². The quantitative estimate of drug-likeness (QED) is 0.918. The zero-order chi connectivity index (χ0) is 14.5. The standard InChI is InChI=1S/C15H16ClFN2O/c1-18-13(11-6-7-19-9-14(11)20-2)8-10-4-3-5-12(16)15(10)17/h3-7,9,13,18H,8H2,1-2H3. The van der Waals surface area contributed by atoms with Crippen molar-refractivity contribution in [3.05, 3.63) is 58.6 Å². The highest BCUT2D eigenvalue weighted by Gasteiger charge is 2.17. The number of hydrogen-bond acceptors (Lipinski definition) is 3. The molecule has 1 aromatic heterocycles. The van der Waals surface area contributed by atoms with Gasteiger partial charge in [-0.2, -0.15) is 0 Å². The molecular weight excluding hydrogens is 279 g/mol. The number of aromatic nitrogens is 1. The lowest BCUT2D eigenvalue weighted by Crippen LogP contribution is -2.20. The number of benzene rings is 1. The SMILES string of the molecule is CNC(Cc1cccc(Cl)c1F)c1ccncc1OC. The van der Waals surface area contributed by atoms with Gasteiger partial charge in [0.25, 0.3) is 0 Å². The largest absolute Gasteiger partial charge is 0.495 e. The molecule has 1 atom stereocenters. The Bertz CT molecular complexity index is 592. The highest BCUT2D eigenvalue weighted by atomic mass is 35.5. The molecule has 5 heteroatoms. The van der Waals surface area contributed by atoms with E-state index in [-0.39, 0.29) is 16.9 Å². The molecule has 106 valence electrons. The second kappa shape index (κ2) is 6.68. The Morgan fingerprint density at radius 2 is 2.20 bits per heavy atom. The van der Waals surface area contributed by atoms with Crippen LogP contribution in [0.3, 0.4) is 0 Å². The third kappa shape index (κ3) is 3.08. The van der Waals surface area contributed by atoms with Crippen LogP contribution in [0.15, 0.2) is 36.7 Å². The molecule has 0 fully saturated rings. The minimum absolute atomic E-state index is 0.0825. The summed E-state index contributed by atoms with van der Waals surface area (Å²) in [6, 6.07) is 6.81. The van der Waals surface area contributed by atoms with Crippen LogP contribution in [0.25, 0.3) is 0 Å². The van der Waals surface area contributed by atoms with Gasteiger partial charge in [-0.3, -0.25) is 4.98 Å². The molecule has 0 saturated carbocycles. The van der Waals surface area contributed by atoms with Gasteiger partial charge in [0, 0.05) is 17.8 Å². The van der Waals surface area contributed by atoms with Gasteiger partial charge in [0.2, 0.25) is 0 Å². The molecule has 1 N–H and O–H groups in total. The van der Waals surface area contributed by atoms with Crippen molar-refractivity contribution in [2.24, 2.45) is 0 Å². The first-order valence-electron chi connectivity index (χ1n) is 6.25. The summed E-state index contributed by atoms with van der Waals surface area (Å²) in [6.45, 7) is 0. The Labute approximate surface area is 122 Å². The van der Waals surface area contributed by atoms with Crippen LogP contribution in [0.1, 0.15) is 17.2 Å². The Morgan fingerprint density at radius 3 is 2.90 bits per heavy atom. The van der Waals surface area contributed by atoms with Crippen molar-refractivity contribution in [3.63, 3.8) is 0 Å². The Morgan fingerprint density at radius 1 is 1.40 bits per heavy atom. The van der Waals surface area contributed by atoms with Crippen LogP contribution in [0.5, 0.6) is 5.75 Å². The van der Waals surface area contributed by atoms with E-state index in [9.17, 15) is 4.39 Å². The third-order valence-corrected chi connectivity index (χ3v) is 3.51. The average Bonchev–Trinajstić information content (AvgIpc) is 2.49. The molecule has 1 heterocycles. The van der Waals surface area contributed by atoms with Crippen LogP contribution in [0, 0.1) is 5.82 Å². The number of hydrogen-bond donors (Lipinski definition) is 1. The molecule has 0 saturated heterocycles. The van der Waals surface area contributed by atoms with Crippen LogP contribution in [-0.2, 0) is 6.42 Å². The summed E-state index contributed by atoms with van der Waals surface area (Å²) in [6.07, 6.45) is 3.81. The minimum atomic E-state index is -0.373. The van der Waals surface area contributed by atoms with E-state index < -0.39 is 0 Å². The van der Waals surface area contributed by atoms with Gasteiger partial charge < -0.3 is 10.1 Å². The average molecular weight is 295 g/mol. The smallest absolute Gasteiger partial charge is 0.145 e. The second-order valence-electron chi connectivity index (χ2n) is 4.38. The Balaban J connectivity index is 2.31. The molecule has 0 aliphatic carbocycles. The first-order valence-corrected chi connectivity index (χ1v) is 6.63. The zero-order valence-corrected chi connectivity index (χ0v) is 12.1. The summed E-state index contributed by atoms with van der Waals surface area (Å²) in [7, 11) is 3.42. The number of nitrogens with zero attached hydrogens (tertiary/aromatic N) is 1. The summed E-state index contributed by atoms with van der Waals surface area (Å²) in [5, 5.41) is 3.31. The van der Waals surface area contributed by atoms with Gasteiger partial charge in [0.1, 0.15) is 11.6 Å². The first kappa shape index (κ1) is 14.8. The summed E-state index contributed by atoms with van der Waals surface area (Å²) in [4.78, 5) is 4.02. The lowest BCUT2D eigenvalue weighted by atomic mass is 9.99. The highest BCUT2D eigenvalue weighted by Crippen LogP contribution is 2.28. The van der Waals surface area contributed by atoms with E-state index in [2.05, 4.69) is 10.3 Å². The van der Waals surface area contributed by atoms with Crippen molar-refractivity contribution in [1.82, 2.24) is 10.3 Å². The van der Waals surface area contributed by atoms with Crippen molar-refractivity contribution in [2.45, 2.75) is 12.5 Å². The van der Waals surface area contributed by atoms with Crippen molar-refractivity contribution in [3.8, 4) is 5.75 Å². The van der Waals surface area contributed by atoms with Crippen LogP contribution in [-0.4, -0.2) is 19.1 Å². The van der Waals surface area contributed by atoms with Gasteiger partial charge in [0.15, 0.2) is 0 Å². The molecule has 0 aliphatic heterocycles. The molecule has 3 nitrogen and oxygen atoms in total. The molecule has 1 aromatic carbocycles. The molecule has 2 rings (SSSR count). The molecule has 20 heavy (non-hydrogen) atoms. The van der Waals surface area contributed by atoms with E-state index in [0.717, 1.165) is 5.56 Å². The summed E-state index contributed by atoms with van der Waals surface area (Å²) in [5.74, 6) is 0.303. The fourth-order valence-electron chi connectivity index (χ4n) is 2.14. The molecule has 0 bridgehead atoms. The summed E-state index contributed by atoms with van der Waals surface area (Å²) < 4.78 is 19.3. The third-order valence-electron chi connectivity index (χ3n) is 3.22. The predicted octanol–water partition coefficient (Wildman–Crippen LogP) is 3.39. The van der Waals surface area contributed by atoms with Gasteiger partial charge >= 0.3 is 0 Å². The monoisotopic (exact) mass is 294 g/mol. The normalized spacial score (nSPS) is 12.2. The van der Waals surface area contributed by atoms with Gasteiger partial charge in [0.05, 0.1) is 18.3 Å². The fourth-order valence-corrected chi connectivity index (χ4v) is 2.34. The second-order valence-corrected chi connectivity index (χ2v) is 4.78. The number of nitrogens with one attached hydrogen (secondary N) is 1. The number of pyridine rings is 1. The highest BCUT2D eigenvalue weighted by molar-refractivity contribution is 6.30. The van der Waals surface area contributed by atoms with Crippen molar-refractivity contribution < 1.29 is 9.13 Å². The molecular formula is C15H16ClFN2O. The van der Waals surface area contributed by atoms with E-state index in [4.69, 9.17) is 16.3 Å². The van der Waals surface area contributed by atoms with Gasteiger partial charge in [-0.05, 0) is 31.2 Å². The molecule has 0 radical (unpaired) electrons. The van der Waals surface area contributed by atoms with Crippen molar-refractivity contribution in [1.29, 1.82) is 0 Å². The van der Waals surface area contributed by atoms with Crippen LogP contribution >= 0.6 is 11.6 Å². The van der Waals surface area contributed by atoms with Gasteiger partial charge in [-0.15, -0.1) is 0 Å². The maximum atomic E-state index is 14.0. The number of halogens is 2. The van der Waals surface area contributed by atoms with Crippen molar-refractivity contribution >= 4 is 11.6 Å². The van der Waals surface area contributed by atoms with E-state index in [1.807, 2.05) is 13.1 Å². The van der Waals surface area contributed by atoms with Crippen LogP contribution in [0.2, 0.25) is 5.02 Å². The number of methoxy groups -OCH3 is 1. The van der Waals surface area contributed by atoms with Gasteiger partial charge in [-0.1, -0.05) is 23.7 Å². The lowest BCUT2D eigenvalue weighted by molar-refractivity contribution is 0.398. The molecule has 2 aromatic rings. The molecule has 1 unspecified atom stereocenters. The number of ether oxygens (including phenoxy) is 1. The molecule has 0 aliphatic rings. The van der Waals surface area contributed by atoms with E-state index in [1.54, 1.807) is 37.7 Å². The minimum Gasteiger partial charge on any atom is -0.495 e. The number of likely N-dealkylation sites (N-methyl/N-ethyl adjacent to an activating group) is 1. The topological polar surface area (TPSA) is 34.2 Å². The molecule has 0 spiro atoms. The fraction of sp³-hybridized carbons (Fsp3) is 0.267. The Kier molecular flexibility index (Phi) is 4.93. The lowest BCUT2D eigenvalue weighted by Gasteiger charge is -2.19. The van der Waals surface area contributed by atoms with Crippen molar-refractivity contribution in [2.75, 3.05) is 14.2 Å². The van der Waals surface area contributed by atoms with Gasteiger partial charge in [-0.25, -0.2) is 4.39 Å². The van der Waals surface area contributed by atoms with E-state index >= 15 is 0 Å².